The Morgan fingerprint density at radius 3 is 2.74 bits per heavy atom. The van der Waals surface area contributed by atoms with Gasteiger partial charge in [-0.05, 0) is 19.9 Å². The van der Waals surface area contributed by atoms with Crippen LogP contribution >= 0.6 is 0 Å². The summed E-state index contributed by atoms with van der Waals surface area (Å²) in [7, 11) is 1.98. The van der Waals surface area contributed by atoms with Crippen LogP contribution in [-0.4, -0.2) is 42.0 Å². The quantitative estimate of drug-likeness (QED) is 0.921. The number of hydrogen-bond acceptors (Lipinski definition) is 4. The highest BCUT2D eigenvalue weighted by Crippen LogP contribution is 2.20. The molecule has 5 nitrogen and oxygen atoms in total. The summed E-state index contributed by atoms with van der Waals surface area (Å²) in [6.07, 6.45) is 4.79. The third-order valence-corrected chi connectivity index (χ3v) is 4.42. The zero-order valence-corrected chi connectivity index (χ0v) is 13.5. The summed E-state index contributed by atoms with van der Waals surface area (Å²) in [5.41, 5.74) is 1.01. The van der Waals surface area contributed by atoms with Crippen molar-refractivity contribution >= 4 is 5.91 Å². The Balaban J connectivity index is 1.51. The molecule has 3 rings (SSSR count). The minimum Gasteiger partial charge on any atom is -0.441 e. The molecule has 2 aromatic rings. The highest BCUT2D eigenvalue weighted by Gasteiger charge is 2.21. The van der Waals surface area contributed by atoms with Crippen molar-refractivity contribution in [1.29, 1.82) is 0 Å². The molecular formula is C18H23N3O2. The predicted molar refractivity (Wildman–Crippen MR) is 88.9 cm³/mol. The van der Waals surface area contributed by atoms with Crippen LogP contribution in [0.15, 0.2) is 40.9 Å². The Kier molecular flexibility index (Phi) is 5.08. The zero-order valence-electron chi connectivity index (χ0n) is 13.5. The van der Waals surface area contributed by atoms with E-state index >= 15 is 0 Å². The predicted octanol–water partition coefficient (Wildman–Crippen LogP) is 2.48. The van der Waals surface area contributed by atoms with Gasteiger partial charge >= 0.3 is 0 Å². The number of piperidine rings is 1. The summed E-state index contributed by atoms with van der Waals surface area (Å²) >= 11 is 0. The fourth-order valence-electron chi connectivity index (χ4n) is 2.95. The van der Waals surface area contributed by atoms with E-state index in [4.69, 9.17) is 4.42 Å². The maximum atomic E-state index is 12.3. The first-order chi connectivity index (χ1) is 11.3. The van der Waals surface area contributed by atoms with E-state index in [1.54, 1.807) is 6.20 Å². The average molecular weight is 313 g/mol. The number of benzene rings is 1. The SMILES string of the molecule is CNC1CCN(C(=O)CCc2ncc(-c3ccccc3)o2)CC1. The molecule has 1 fully saturated rings. The molecule has 1 aromatic heterocycles. The minimum atomic E-state index is 0.194. The number of nitrogens with one attached hydrogen (secondary N) is 1. The number of rotatable bonds is 5. The number of aromatic nitrogens is 1. The second-order valence-electron chi connectivity index (χ2n) is 5.93. The van der Waals surface area contributed by atoms with Gasteiger partial charge in [-0.15, -0.1) is 0 Å². The normalized spacial score (nSPS) is 15.8. The molecule has 5 heteroatoms. The molecule has 0 aliphatic carbocycles. The number of aryl methyl sites for hydroxylation is 1. The van der Waals surface area contributed by atoms with Crippen molar-refractivity contribution < 1.29 is 9.21 Å². The zero-order chi connectivity index (χ0) is 16.1. The molecule has 0 saturated carbocycles. The molecule has 0 bridgehead atoms. The van der Waals surface area contributed by atoms with E-state index < -0.39 is 0 Å². The first-order valence-corrected chi connectivity index (χ1v) is 8.21. The summed E-state index contributed by atoms with van der Waals surface area (Å²) in [6, 6.07) is 10.4. The smallest absolute Gasteiger partial charge is 0.223 e. The van der Waals surface area contributed by atoms with Crippen LogP contribution in [-0.2, 0) is 11.2 Å². The van der Waals surface area contributed by atoms with Gasteiger partial charge in [-0.3, -0.25) is 4.79 Å². The van der Waals surface area contributed by atoms with Crippen LogP contribution in [0.2, 0.25) is 0 Å². The molecule has 1 saturated heterocycles. The molecular weight excluding hydrogens is 290 g/mol. The Morgan fingerprint density at radius 2 is 2.04 bits per heavy atom. The van der Waals surface area contributed by atoms with E-state index in [2.05, 4.69) is 10.3 Å². The lowest BCUT2D eigenvalue weighted by molar-refractivity contribution is -0.132. The van der Waals surface area contributed by atoms with Crippen molar-refractivity contribution in [3.63, 3.8) is 0 Å². The van der Waals surface area contributed by atoms with Gasteiger partial charge < -0.3 is 14.6 Å². The van der Waals surface area contributed by atoms with Gasteiger partial charge in [0.2, 0.25) is 5.91 Å². The minimum absolute atomic E-state index is 0.194. The van der Waals surface area contributed by atoms with Crippen LogP contribution in [0.4, 0.5) is 0 Å². The molecule has 1 N–H and O–H groups in total. The standard InChI is InChI=1S/C18H23N3O2/c1-19-15-9-11-21(12-10-15)18(22)8-7-17-20-13-16(23-17)14-5-3-2-4-6-14/h2-6,13,15,19H,7-12H2,1H3. The Morgan fingerprint density at radius 1 is 1.30 bits per heavy atom. The van der Waals surface area contributed by atoms with Gasteiger partial charge in [0.1, 0.15) is 0 Å². The van der Waals surface area contributed by atoms with E-state index in [0.717, 1.165) is 37.3 Å². The van der Waals surface area contributed by atoms with Crippen molar-refractivity contribution in [2.45, 2.75) is 31.7 Å². The summed E-state index contributed by atoms with van der Waals surface area (Å²) in [4.78, 5) is 18.5. The van der Waals surface area contributed by atoms with Crippen LogP contribution < -0.4 is 5.32 Å². The van der Waals surface area contributed by atoms with E-state index in [0.29, 0.717) is 24.8 Å². The molecule has 1 amide bonds. The summed E-state index contributed by atoms with van der Waals surface area (Å²) in [5, 5.41) is 3.28. The van der Waals surface area contributed by atoms with Crippen molar-refractivity contribution in [2.24, 2.45) is 0 Å². The van der Waals surface area contributed by atoms with Crippen LogP contribution in [0, 0.1) is 0 Å². The maximum Gasteiger partial charge on any atom is 0.223 e. The van der Waals surface area contributed by atoms with Gasteiger partial charge in [0, 0.05) is 37.5 Å². The number of nitrogens with zero attached hydrogens (tertiary/aromatic N) is 2. The molecule has 2 heterocycles. The van der Waals surface area contributed by atoms with Crippen LogP contribution in [0.3, 0.4) is 0 Å². The molecule has 0 spiro atoms. The topological polar surface area (TPSA) is 58.4 Å². The lowest BCUT2D eigenvalue weighted by Gasteiger charge is -2.31. The van der Waals surface area contributed by atoms with E-state index in [1.807, 2.05) is 42.3 Å². The van der Waals surface area contributed by atoms with Crippen LogP contribution in [0.5, 0.6) is 0 Å². The molecule has 1 aliphatic heterocycles. The number of hydrogen-bond donors (Lipinski definition) is 1. The first-order valence-electron chi connectivity index (χ1n) is 8.21. The van der Waals surface area contributed by atoms with Gasteiger partial charge in [-0.25, -0.2) is 4.98 Å². The number of likely N-dealkylation sites (tertiary alicyclic amines) is 1. The second kappa shape index (κ2) is 7.42. The maximum absolute atomic E-state index is 12.3. The monoisotopic (exact) mass is 313 g/mol. The van der Waals surface area contributed by atoms with Crippen molar-refractivity contribution in [2.75, 3.05) is 20.1 Å². The Labute approximate surface area is 136 Å². The third kappa shape index (κ3) is 3.99. The highest BCUT2D eigenvalue weighted by atomic mass is 16.4. The van der Waals surface area contributed by atoms with Crippen LogP contribution in [0.25, 0.3) is 11.3 Å². The summed E-state index contributed by atoms with van der Waals surface area (Å²) < 4.78 is 5.75. The number of amides is 1. The lowest BCUT2D eigenvalue weighted by atomic mass is 10.0. The van der Waals surface area contributed by atoms with Crippen molar-refractivity contribution in [1.82, 2.24) is 15.2 Å². The molecule has 0 unspecified atom stereocenters. The fourth-order valence-corrected chi connectivity index (χ4v) is 2.95. The average Bonchev–Trinajstić information content (AvgIpc) is 3.09. The number of oxazole rings is 1. The number of carbonyl (C=O) groups excluding carboxylic acids is 1. The summed E-state index contributed by atoms with van der Waals surface area (Å²) in [6.45, 7) is 1.68. The molecule has 23 heavy (non-hydrogen) atoms. The molecule has 1 aromatic carbocycles. The van der Waals surface area contributed by atoms with E-state index in [-0.39, 0.29) is 5.91 Å². The fraction of sp³-hybridized carbons (Fsp3) is 0.444. The Hall–Kier alpha value is -2.14. The third-order valence-electron chi connectivity index (χ3n) is 4.42. The molecule has 122 valence electrons. The largest absolute Gasteiger partial charge is 0.441 e. The first kappa shape index (κ1) is 15.7. The molecule has 1 aliphatic rings. The molecule has 0 atom stereocenters. The lowest BCUT2D eigenvalue weighted by Crippen LogP contribution is -2.44. The van der Waals surface area contributed by atoms with Gasteiger partial charge in [-0.2, -0.15) is 0 Å². The Bertz CT molecular complexity index is 631. The van der Waals surface area contributed by atoms with Gasteiger partial charge in [0.25, 0.3) is 0 Å². The summed E-state index contributed by atoms with van der Waals surface area (Å²) in [5.74, 6) is 1.57. The van der Waals surface area contributed by atoms with E-state index in [9.17, 15) is 4.79 Å². The van der Waals surface area contributed by atoms with Gasteiger partial charge in [0.15, 0.2) is 11.7 Å². The second-order valence-corrected chi connectivity index (χ2v) is 5.93. The van der Waals surface area contributed by atoms with Crippen molar-refractivity contribution in [3.8, 4) is 11.3 Å². The number of carbonyl (C=O) groups is 1. The van der Waals surface area contributed by atoms with Crippen LogP contribution in [0.1, 0.15) is 25.2 Å². The van der Waals surface area contributed by atoms with Gasteiger partial charge in [-0.1, -0.05) is 30.3 Å². The van der Waals surface area contributed by atoms with Crippen molar-refractivity contribution in [3.05, 3.63) is 42.4 Å². The van der Waals surface area contributed by atoms with E-state index in [1.165, 1.54) is 0 Å². The van der Waals surface area contributed by atoms with Gasteiger partial charge in [0.05, 0.1) is 6.20 Å². The molecule has 0 radical (unpaired) electrons. The highest BCUT2D eigenvalue weighted by molar-refractivity contribution is 5.76.